The topological polar surface area (TPSA) is 43.8 Å². The molecule has 0 aromatic heterocycles. The van der Waals surface area contributed by atoms with Gasteiger partial charge >= 0.3 is 0 Å². The van der Waals surface area contributed by atoms with Crippen molar-refractivity contribution in [2.75, 3.05) is 27.2 Å². The van der Waals surface area contributed by atoms with Crippen LogP contribution in [0.15, 0.2) is 29.2 Å². The molecule has 0 bridgehead atoms. The summed E-state index contributed by atoms with van der Waals surface area (Å²) < 4.78 is 0. The molecule has 2 rings (SSSR count). The van der Waals surface area contributed by atoms with E-state index in [9.17, 15) is 9.90 Å². The molecule has 0 spiro atoms. The van der Waals surface area contributed by atoms with Gasteiger partial charge < -0.3 is 10.0 Å². The monoisotopic (exact) mass is 308 g/mol. The van der Waals surface area contributed by atoms with Crippen molar-refractivity contribution in [3.05, 3.63) is 29.8 Å². The zero-order valence-electron chi connectivity index (χ0n) is 12.8. The number of carbonyl (C=O) groups excluding carboxylic acids is 1. The maximum Gasteiger partial charge on any atom is 0.285 e. The minimum Gasteiger partial charge on any atom is -0.395 e. The van der Waals surface area contributed by atoms with Gasteiger partial charge in [-0.05, 0) is 48.8 Å². The van der Waals surface area contributed by atoms with Gasteiger partial charge in [0.25, 0.3) is 5.24 Å². The Morgan fingerprint density at radius 2 is 2.05 bits per heavy atom. The molecule has 1 aromatic carbocycles. The summed E-state index contributed by atoms with van der Waals surface area (Å²) in [7, 11) is 3.52. The van der Waals surface area contributed by atoms with E-state index in [2.05, 4.69) is 17.0 Å². The third-order valence-corrected chi connectivity index (χ3v) is 4.89. The van der Waals surface area contributed by atoms with Crippen molar-refractivity contribution in [1.29, 1.82) is 0 Å². The Labute approximate surface area is 131 Å². The van der Waals surface area contributed by atoms with E-state index in [1.54, 1.807) is 19.0 Å². The van der Waals surface area contributed by atoms with Crippen LogP contribution in [0.2, 0.25) is 0 Å². The fraction of sp³-hybridized carbons (Fsp3) is 0.562. The molecule has 0 saturated carbocycles. The molecule has 0 radical (unpaired) electrons. The van der Waals surface area contributed by atoms with Crippen molar-refractivity contribution in [1.82, 2.24) is 9.80 Å². The first kappa shape index (κ1) is 16.3. The van der Waals surface area contributed by atoms with Gasteiger partial charge in [-0.2, -0.15) is 0 Å². The summed E-state index contributed by atoms with van der Waals surface area (Å²) in [4.78, 5) is 16.6. The third kappa shape index (κ3) is 4.73. The van der Waals surface area contributed by atoms with Crippen LogP contribution in [0.1, 0.15) is 24.8 Å². The van der Waals surface area contributed by atoms with Crippen LogP contribution in [0, 0.1) is 0 Å². The van der Waals surface area contributed by atoms with E-state index in [0.29, 0.717) is 6.04 Å². The lowest BCUT2D eigenvalue weighted by Crippen LogP contribution is -2.41. The van der Waals surface area contributed by atoms with Crippen LogP contribution < -0.4 is 0 Å². The molecule has 116 valence electrons. The van der Waals surface area contributed by atoms with Crippen LogP contribution in [0.3, 0.4) is 0 Å². The number of likely N-dealkylation sites (tertiary alicyclic amines) is 1. The van der Waals surface area contributed by atoms with Gasteiger partial charge in [-0.15, -0.1) is 0 Å². The Balaban J connectivity index is 1.94. The van der Waals surface area contributed by atoms with Crippen LogP contribution in [0.4, 0.5) is 4.79 Å². The summed E-state index contributed by atoms with van der Waals surface area (Å²) in [5.41, 5.74) is 1.23. The first-order valence-corrected chi connectivity index (χ1v) is 8.25. The number of nitrogens with zero attached hydrogens (tertiary/aromatic N) is 2. The highest BCUT2D eigenvalue weighted by molar-refractivity contribution is 8.13. The highest BCUT2D eigenvalue weighted by atomic mass is 32.2. The van der Waals surface area contributed by atoms with Crippen LogP contribution >= 0.6 is 11.8 Å². The highest BCUT2D eigenvalue weighted by Gasteiger charge is 2.21. The van der Waals surface area contributed by atoms with Crippen molar-refractivity contribution in [3.63, 3.8) is 0 Å². The van der Waals surface area contributed by atoms with E-state index in [1.807, 2.05) is 12.1 Å². The predicted molar refractivity (Wildman–Crippen MR) is 86.5 cm³/mol. The SMILES string of the molecule is CN(C)C(=O)Sc1ccc(CN2CCCCC2CO)cc1. The molecule has 21 heavy (non-hydrogen) atoms. The van der Waals surface area contributed by atoms with Gasteiger partial charge in [0.15, 0.2) is 0 Å². The normalized spacial score (nSPS) is 19.5. The van der Waals surface area contributed by atoms with Crippen molar-refractivity contribution in [2.45, 2.75) is 36.7 Å². The molecule has 1 aliphatic heterocycles. The fourth-order valence-corrected chi connectivity index (χ4v) is 3.22. The second-order valence-corrected chi connectivity index (χ2v) is 6.73. The van der Waals surface area contributed by atoms with E-state index in [0.717, 1.165) is 24.4 Å². The summed E-state index contributed by atoms with van der Waals surface area (Å²) >= 11 is 1.24. The Morgan fingerprint density at radius 1 is 1.33 bits per heavy atom. The first-order chi connectivity index (χ1) is 10.1. The molecule has 1 fully saturated rings. The lowest BCUT2D eigenvalue weighted by molar-refractivity contribution is 0.0841. The number of rotatable bonds is 4. The number of benzene rings is 1. The summed E-state index contributed by atoms with van der Waals surface area (Å²) in [5.74, 6) is 0. The lowest BCUT2D eigenvalue weighted by Gasteiger charge is -2.34. The summed E-state index contributed by atoms with van der Waals surface area (Å²) in [6.45, 7) is 2.17. The Bertz CT molecular complexity index is 462. The number of hydrogen-bond acceptors (Lipinski definition) is 4. The molecule has 1 aliphatic rings. The van der Waals surface area contributed by atoms with Gasteiger partial charge in [0.1, 0.15) is 0 Å². The van der Waals surface area contributed by atoms with E-state index in [1.165, 1.54) is 30.2 Å². The van der Waals surface area contributed by atoms with Crippen molar-refractivity contribution < 1.29 is 9.90 Å². The quantitative estimate of drug-likeness (QED) is 0.869. The number of hydrogen-bond donors (Lipinski definition) is 1. The Hall–Kier alpha value is -1.04. The van der Waals surface area contributed by atoms with Gasteiger partial charge in [0.2, 0.25) is 0 Å². The number of amides is 1. The summed E-state index contributed by atoms with van der Waals surface area (Å²) in [6, 6.07) is 8.45. The molecule has 1 aromatic rings. The average molecular weight is 308 g/mol. The zero-order chi connectivity index (χ0) is 15.2. The number of piperidine rings is 1. The van der Waals surface area contributed by atoms with Crippen LogP contribution in [-0.4, -0.2) is 53.4 Å². The zero-order valence-corrected chi connectivity index (χ0v) is 13.6. The molecule has 4 nitrogen and oxygen atoms in total. The molecule has 1 unspecified atom stereocenters. The maximum atomic E-state index is 11.6. The van der Waals surface area contributed by atoms with E-state index in [-0.39, 0.29) is 11.8 Å². The molecular formula is C16H24N2O2S. The largest absolute Gasteiger partial charge is 0.395 e. The number of carbonyl (C=O) groups is 1. The molecule has 5 heteroatoms. The van der Waals surface area contributed by atoms with Crippen LogP contribution in [0.25, 0.3) is 0 Å². The Kier molecular flexibility index (Phi) is 6.08. The van der Waals surface area contributed by atoms with Gasteiger partial charge in [0, 0.05) is 31.6 Å². The van der Waals surface area contributed by atoms with E-state index >= 15 is 0 Å². The predicted octanol–water partition coefficient (Wildman–Crippen LogP) is 2.81. The first-order valence-electron chi connectivity index (χ1n) is 7.43. The highest BCUT2D eigenvalue weighted by Crippen LogP contribution is 2.23. The molecule has 1 amide bonds. The standard InChI is InChI=1S/C16H24N2O2S/c1-17(2)16(20)21-15-8-6-13(7-9-15)11-18-10-4-3-5-14(18)12-19/h6-9,14,19H,3-5,10-12H2,1-2H3. The Morgan fingerprint density at radius 3 is 2.67 bits per heavy atom. The van der Waals surface area contributed by atoms with Crippen LogP contribution in [-0.2, 0) is 6.54 Å². The number of aliphatic hydroxyl groups excluding tert-OH is 1. The van der Waals surface area contributed by atoms with E-state index in [4.69, 9.17) is 0 Å². The molecule has 1 heterocycles. The fourth-order valence-electron chi connectivity index (χ4n) is 2.56. The number of aliphatic hydroxyl groups is 1. The minimum atomic E-state index is 0.0409. The molecule has 0 aliphatic carbocycles. The van der Waals surface area contributed by atoms with Gasteiger partial charge in [-0.1, -0.05) is 18.6 Å². The van der Waals surface area contributed by atoms with Gasteiger partial charge in [-0.25, -0.2) is 0 Å². The number of thioether (sulfide) groups is 1. The van der Waals surface area contributed by atoms with Crippen LogP contribution in [0.5, 0.6) is 0 Å². The lowest BCUT2D eigenvalue weighted by atomic mass is 10.0. The van der Waals surface area contributed by atoms with Crippen molar-refractivity contribution >= 4 is 17.0 Å². The van der Waals surface area contributed by atoms with Crippen molar-refractivity contribution in [3.8, 4) is 0 Å². The second kappa shape index (κ2) is 7.82. The minimum absolute atomic E-state index is 0.0409. The second-order valence-electron chi connectivity index (χ2n) is 5.71. The van der Waals surface area contributed by atoms with Gasteiger partial charge in [0.05, 0.1) is 6.61 Å². The summed E-state index contributed by atoms with van der Waals surface area (Å²) in [6.07, 6.45) is 3.51. The molecule has 1 atom stereocenters. The van der Waals surface area contributed by atoms with Gasteiger partial charge in [-0.3, -0.25) is 9.69 Å². The average Bonchev–Trinajstić information content (AvgIpc) is 2.49. The molecule has 1 saturated heterocycles. The van der Waals surface area contributed by atoms with Crippen molar-refractivity contribution in [2.24, 2.45) is 0 Å². The molecular weight excluding hydrogens is 284 g/mol. The maximum absolute atomic E-state index is 11.6. The van der Waals surface area contributed by atoms with E-state index < -0.39 is 0 Å². The summed E-state index contributed by atoms with van der Waals surface area (Å²) in [5, 5.41) is 9.49. The molecule has 1 N–H and O–H groups in total. The third-order valence-electron chi connectivity index (χ3n) is 3.84. The smallest absolute Gasteiger partial charge is 0.285 e.